The van der Waals surface area contributed by atoms with Crippen LogP contribution in [0, 0.1) is 5.41 Å². The van der Waals surface area contributed by atoms with E-state index in [2.05, 4.69) is 20.8 Å². The van der Waals surface area contributed by atoms with Gasteiger partial charge in [-0.2, -0.15) is 0 Å². The molecular formula is C9H17NO. The van der Waals surface area contributed by atoms with Crippen LogP contribution in [0.2, 0.25) is 0 Å². The molecule has 1 aliphatic heterocycles. The zero-order valence-corrected chi connectivity index (χ0v) is 7.63. The molecule has 0 aromatic carbocycles. The Labute approximate surface area is 68.6 Å². The average Bonchev–Trinajstić information content (AvgIpc) is 2.31. The lowest BCUT2D eigenvalue weighted by molar-refractivity contribution is -0.120. The van der Waals surface area contributed by atoms with Gasteiger partial charge in [0.15, 0.2) is 0 Å². The highest BCUT2D eigenvalue weighted by atomic mass is 16.1. The molecule has 1 aliphatic rings. The van der Waals surface area contributed by atoms with E-state index in [4.69, 9.17) is 0 Å². The molecule has 0 bridgehead atoms. The molecule has 0 saturated carbocycles. The summed E-state index contributed by atoms with van der Waals surface area (Å²) in [4.78, 5) is 12.5. The largest absolute Gasteiger partial charge is 0.342 e. The predicted molar refractivity (Wildman–Crippen MR) is 45.2 cm³/mol. The van der Waals surface area contributed by atoms with E-state index < -0.39 is 0 Å². The second kappa shape index (κ2) is 2.84. The Bertz CT molecular complexity index is 148. The van der Waals surface area contributed by atoms with Crippen LogP contribution in [-0.2, 0) is 4.79 Å². The summed E-state index contributed by atoms with van der Waals surface area (Å²) in [6.45, 7) is 7.53. The first-order valence-electron chi connectivity index (χ1n) is 4.27. The molecule has 1 rings (SSSR count). The number of carbonyl (C=O) groups excluding carboxylic acids is 1. The van der Waals surface area contributed by atoms with E-state index in [1.54, 1.807) is 0 Å². The number of rotatable bonds is 1. The average molecular weight is 155 g/mol. The van der Waals surface area contributed by atoms with Crippen molar-refractivity contribution in [1.29, 1.82) is 0 Å². The maximum absolute atomic E-state index is 10.6. The van der Waals surface area contributed by atoms with Gasteiger partial charge in [-0.1, -0.05) is 20.8 Å². The number of nitrogens with zero attached hydrogens (tertiary/aromatic N) is 1. The van der Waals surface area contributed by atoms with Gasteiger partial charge in [0.1, 0.15) is 0 Å². The number of carbonyl (C=O) groups is 1. The van der Waals surface area contributed by atoms with Gasteiger partial charge in [0.05, 0.1) is 0 Å². The maximum Gasteiger partial charge on any atom is 0.209 e. The molecule has 0 aliphatic carbocycles. The highest BCUT2D eigenvalue weighted by molar-refractivity contribution is 5.48. The van der Waals surface area contributed by atoms with Crippen molar-refractivity contribution in [3.05, 3.63) is 0 Å². The molecule has 11 heavy (non-hydrogen) atoms. The van der Waals surface area contributed by atoms with Crippen LogP contribution in [0.4, 0.5) is 0 Å². The third kappa shape index (κ3) is 1.73. The molecule has 1 unspecified atom stereocenters. The normalized spacial score (nSPS) is 25.7. The molecule has 2 heteroatoms. The maximum atomic E-state index is 10.6. The molecule has 0 aromatic rings. The Morgan fingerprint density at radius 1 is 1.45 bits per heavy atom. The van der Waals surface area contributed by atoms with Crippen molar-refractivity contribution in [2.75, 3.05) is 6.54 Å². The minimum atomic E-state index is 0.247. The minimum Gasteiger partial charge on any atom is -0.342 e. The molecule has 1 saturated heterocycles. The van der Waals surface area contributed by atoms with E-state index in [0.717, 1.165) is 13.0 Å². The van der Waals surface area contributed by atoms with Gasteiger partial charge >= 0.3 is 0 Å². The van der Waals surface area contributed by atoms with Crippen molar-refractivity contribution in [1.82, 2.24) is 4.90 Å². The van der Waals surface area contributed by atoms with E-state index in [1.807, 2.05) is 4.90 Å². The standard InChI is InChI=1S/C9H17NO/c1-9(2,3)8-5-4-6-10(8)7-11/h7-8H,4-6H2,1-3H3. The summed E-state index contributed by atoms with van der Waals surface area (Å²) in [5.41, 5.74) is 0.247. The molecule has 2 nitrogen and oxygen atoms in total. The van der Waals surface area contributed by atoms with Crippen LogP contribution in [0.5, 0.6) is 0 Å². The Morgan fingerprint density at radius 2 is 2.09 bits per heavy atom. The fourth-order valence-electron chi connectivity index (χ4n) is 1.85. The lowest BCUT2D eigenvalue weighted by atomic mass is 9.85. The van der Waals surface area contributed by atoms with Crippen molar-refractivity contribution in [2.24, 2.45) is 5.41 Å². The fraction of sp³-hybridized carbons (Fsp3) is 0.889. The molecule has 1 heterocycles. The van der Waals surface area contributed by atoms with E-state index in [1.165, 1.54) is 12.8 Å². The lowest BCUT2D eigenvalue weighted by Gasteiger charge is -2.32. The van der Waals surface area contributed by atoms with Crippen LogP contribution < -0.4 is 0 Å². The summed E-state index contributed by atoms with van der Waals surface area (Å²) >= 11 is 0. The predicted octanol–water partition coefficient (Wildman–Crippen LogP) is 1.65. The summed E-state index contributed by atoms with van der Waals surface area (Å²) in [5, 5.41) is 0. The van der Waals surface area contributed by atoms with E-state index in [-0.39, 0.29) is 5.41 Å². The third-order valence-corrected chi connectivity index (χ3v) is 2.43. The molecule has 0 spiro atoms. The van der Waals surface area contributed by atoms with Crippen molar-refractivity contribution in [3.8, 4) is 0 Å². The van der Waals surface area contributed by atoms with Crippen molar-refractivity contribution >= 4 is 6.41 Å². The highest BCUT2D eigenvalue weighted by Gasteiger charge is 2.32. The SMILES string of the molecule is CC(C)(C)C1CCCN1C=O. The fourth-order valence-corrected chi connectivity index (χ4v) is 1.85. The van der Waals surface area contributed by atoms with Gasteiger partial charge < -0.3 is 4.90 Å². The zero-order valence-electron chi connectivity index (χ0n) is 7.63. The topological polar surface area (TPSA) is 20.3 Å². The summed E-state index contributed by atoms with van der Waals surface area (Å²) in [7, 11) is 0. The summed E-state index contributed by atoms with van der Waals surface area (Å²) in [6.07, 6.45) is 3.33. The molecule has 64 valence electrons. The van der Waals surface area contributed by atoms with Gasteiger partial charge in [0.25, 0.3) is 0 Å². The molecule has 0 radical (unpaired) electrons. The summed E-state index contributed by atoms with van der Waals surface area (Å²) in [6, 6.07) is 0.458. The van der Waals surface area contributed by atoms with Crippen LogP contribution in [0.15, 0.2) is 0 Å². The van der Waals surface area contributed by atoms with Crippen LogP contribution in [0.1, 0.15) is 33.6 Å². The van der Waals surface area contributed by atoms with Gasteiger partial charge in [-0.25, -0.2) is 0 Å². The lowest BCUT2D eigenvalue weighted by Crippen LogP contribution is -2.38. The van der Waals surface area contributed by atoms with Gasteiger partial charge in [0.2, 0.25) is 6.41 Å². The van der Waals surface area contributed by atoms with E-state index >= 15 is 0 Å². The van der Waals surface area contributed by atoms with Gasteiger partial charge in [-0.05, 0) is 18.3 Å². The first kappa shape index (κ1) is 8.57. The smallest absolute Gasteiger partial charge is 0.209 e. The zero-order chi connectivity index (χ0) is 8.48. The van der Waals surface area contributed by atoms with Crippen molar-refractivity contribution < 1.29 is 4.79 Å². The van der Waals surface area contributed by atoms with E-state index in [9.17, 15) is 4.79 Å². The molecule has 1 fully saturated rings. The Morgan fingerprint density at radius 3 is 2.45 bits per heavy atom. The van der Waals surface area contributed by atoms with Gasteiger partial charge in [0, 0.05) is 12.6 Å². The molecule has 1 amide bonds. The Hall–Kier alpha value is -0.530. The second-order valence-corrected chi connectivity index (χ2v) is 4.37. The first-order valence-corrected chi connectivity index (χ1v) is 4.27. The van der Waals surface area contributed by atoms with Gasteiger partial charge in [-0.3, -0.25) is 4.79 Å². The van der Waals surface area contributed by atoms with Crippen molar-refractivity contribution in [2.45, 2.75) is 39.7 Å². The number of hydrogen-bond donors (Lipinski definition) is 0. The monoisotopic (exact) mass is 155 g/mol. The highest BCUT2D eigenvalue weighted by Crippen LogP contribution is 2.31. The molecule has 0 N–H and O–H groups in total. The molecule has 0 aromatic heterocycles. The first-order chi connectivity index (χ1) is 5.05. The van der Waals surface area contributed by atoms with Crippen LogP contribution in [-0.4, -0.2) is 23.9 Å². The summed E-state index contributed by atoms with van der Waals surface area (Å²) < 4.78 is 0. The summed E-state index contributed by atoms with van der Waals surface area (Å²) in [5.74, 6) is 0. The van der Waals surface area contributed by atoms with Crippen LogP contribution in [0.3, 0.4) is 0 Å². The Kier molecular flexibility index (Phi) is 2.21. The third-order valence-electron chi connectivity index (χ3n) is 2.43. The van der Waals surface area contributed by atoms with E-state index in [0.29, 0.717) is 6.04 Å². The Balaban J connectivity index is 2.63. The number of amides is 1. The van der Waals surface area contributed by atoms with Gasteiger partial charge in [-0.15, -0.1) is 0 Å². The van der Waals surface area contributed by atoms with Crippen molar-refractivity contribution in [3.63, 3.8) is 0 Å². The second-order valence-electron chi connectivity index (χ2n) is 4.37. The van der Waals surface area contributed by atoms with Crippen LogP contribution in [0.25, 0.3) is 0 Å². The molecular weight excluding hydrogens is 138 g/mol. The quantitative estimate of drug-likeness (QED) is 0.527. The number of hydrogen-bond acceptors (Lipinski definition) is 1. The minimum absolute atomic E-state index is 0.247. The number of likely N-dealkylation sites (tertiary alicyclic amines) is 1. The van der Waals surface area contributed by atoms with Crippen LogP contribution >= 0.6 is 0 Å². The molecule has 1 atom stereocenters.